The van der Waals surface area contributed by atoms with Crippen molar-refractivity contribution < 1.29 is 13.2 Å². The van der Waals surface area contributed by atoms with E-state index in [1.807, 2.05) is 60.8 Å². The molecule has 0 saturated heterocycles. The third-order valence-corrected chi connectivity index (χ3v) is 7.67. The average Bonchev–Trinajstić information content (AvgIpc) is 3.21. The highest BCUT2D eigenvalue weighted by atomic mass is 32.2. The first-order valence-corrected chi connectivity index (χ1v) is 11.8. The van der Waals surface area contributed by atoms with E-state index in [2.05, 4.69) is 16.0 Å². The summed E-state index contributed by atoms with van der Waals surface area (Å²) in [6.07, 6.45) is 4.30. The molecule has 0 fully saturated rings. The van der Waals surface area contributed by atoms with Crippen LogP contribution in [0.25, 0.3) is 10.9 Å². The first kappa shape index (κ1) is 19.8. The van der Waals surface area contributed by atoms with Crippen molar-refractivity contribution in [1.29, 1.82) is 0 Å². The van der Waals surface area contributed by atoms with Crippen molar-refractivity contribution in [2.24, 2.45) is 0 Å². The van der Waals surface area contributed by atoms with E-state index in [1.165, 1.54) is 5.56 Å². The Bertz CT molecular complexity index is 1330. The molecule has 1 atom stereocenters. The standard InChI is InChI=1S/C24H23N3O3S/c1-30-23-13-20-21(14-25-22(20)15-26-23)24-19-10-6-5-9-18(19)11-12-27(24)31(28,29)16-17-7-3-2-4-8-17/h2-10,13-15,24-25H,11-12,16H2,1H3/t24-/m0/s1. The fourth-order valence-electron chi connectivity index (χ4n) is 4.39. The highest BCUT2D eigenvalue weighted by molar-refractivity contribution is 7.88. The van der Waals surface area contributed by atoms with Crippen LogP contribution in [0.1, 0.15) is 28.3 Å². The smallest absolute Gasteiger partial charge is 0.219 e. The maximum Gasteiger partial charge on any atom is 0.219 e. The molecule has 0 amide bonds. The molecule has 1 aliphatic heterocycles. The lowest BCUT2D eigenvalue weighted by Crippen LogP contribution is -2.41. The number of sulfonamides is 1. The molecule has 0 bridgehead atoms. The maximum atomic E-state index is 13.6. The van der Waals surface area contributed by atoms with Gasteiger partial charge in [0, 0.05) is 29.8 Å². The fraction of sp³-hybridized carbons (Fsp3) is 0.208. The summed E-state index contributed by atoms with van der Waals surface area (Å²) >= 11 is 0. The molecular formula is C24H23N3O3S. The quantitative estimate of drug-likeness (QED) is 0.515. The van der Waals surface area contributed by atoms with Crippen molar-refractivity contribution in [2.45, 2.75) is 18.2 Å². The largest absolute Gasteiger partial charge is 0.481 e. The molecule has 3 heterocycles. The first-order chi connectivity index (χ1) is 15.1. The number of nitrogens with one attached hydrogen (secondary N) is 1. The minimum atomic E-state index is -3.57. The number of aromatic amines is 1. The summed E-state index contributed by atoms with van der Waals surface area (Å²) in [6.45, 7) is 0.436. The van der Waals surface area contributed by atoms with Gasteiger partial charge in [-0.3, -0.25) is 0 Å². The molecule has 0 saturated carbocycles. The minimum absolute atomic E-state index is 0.0280. The van der Waals surface area contributed by atoms with Crippen molar-refractivity contribution in [3.05, 3.63) is 95.3 Å². The van der Waals surface area contributed by atoms with Gasteiger partial charge in [0.25, 0.3) is 0 Å². The number of aromatic nitrogens is 2. The second-order valence-electron chi connectivity index (χ2n) is 7.72. The Labute approximate surface area is 181 Å². The molecule has 31 heavy (non-hydrogen) atoms. The Hall–Kier alpha value is -3.16. The molecule has 1 N–H and O–H groups in total. The lowest BCUT2D eigenvalue weighted by atomic mass is 9.90. The van der Waals surface area contributed by atoms with Crippen LogP contribution in [0.4, 0.5) is 0 Å². The number of H-pyrrole nitrogens is 1. The van der Waals surface area contributed by atoms with E-state index in [-0.39, 0.29) is 5.75 Å². The molecule has 158 valence electrons. The summed E-state index contributed by atoms with van der Waals surface area (Å²) in [4.78, 5) is 7.52. The van der Waals surface area contributed by atoms with Crippen molar-refractivity contribution in [1.82, 2.24) is 14.3 Å². The van der Waals surface area contributed by atoms with E-state index in [0.29, 0.717) is 18.8 Å². The van der Waals surface area contributed by atoms with Crippen molar-refractivity contribution >= 4 is 20.9 Å². The van der Waals surface area contributed by atoms with E-state index in [1.54, 1.807) is 17.6 Å². The molecule has 6 nitrogen and oxygen atoms in total. The minimum Gasteiger partial charge on any atom is -0.481 e. The molecule has 2 aromatic heterocycles. The number of pyridine rings is 1. The van der Waals surface area contributed by atoms with Gasteiger partial charge in [-0.15, -0.1) is 0 Å². The van der Waals surface area contributed by atoms with E-state index in [4.69, 9.17) is 4.74 Å². The lowest BCUT2D eigenvalue weighted by Gasteiger charge is -2.36. The van der Waals surface area contributed by atoms with E-state index >= 15 is 0 Å². The van der Waals surface area contributed by atoms with Gasteiger partial charge in [-0.1, -0.05) is 54.6 Å². The maximum absolute atomic E-state index is 13.6. The highest BCUT2D eigenvalue weighted by Crippen LogP contribution is 2.40. The van der Waals surface area contributed by atoms with Crippen LogP contribution in [-0.4, -0.2) is 36.3 Å². The van der Waals surface area contributed by atoms with E-state index in [0.717, 1.165) is 27.6 Å². The first-order valence-electron chi connectivity index (χ1n) is 10.2. The van der Waals surface area contributed by atoms with Crippen LogP contribution in [0.3, 0.4) is 0 Å². The number of hydrogen-bond acceptors (Lipinski definition) is 4. The number of nitrogens with zero attached hydrogens (tertiary/aromatic N) is 2. The summed E-state index contributed by atoms with van der Waals surface area (Å²) in [6, 6.07) is 18.9. The van der Waals surface area contributed by atoms with Crippen LogP contribution in [0, 0.1) is 0 Å². The molecule has 4 aromatic rings. The van der Waals surface area contributed by atoms with Gasteiger partial charge in [-0.05, 0) is 23.1 Å². The predicted octanol–water partition coefficient (Wildman–Crippen LogP) is 4.05. The topological polar surface area (TPSA) is 75.3 Å². The zero-order valence-electron chi connectivity index (χ0n) is 17.2. The zero-order chi connectivity index (χ0) is 21.4. The van der Waals surface area contributed by atoms with Gasteiger partial charge in [0.2, 0.25) is 15.9 Å². The molecule has 0 aliphatic carbocycles. The van der Waals surface area contributed by atoms with Gasteiger partial charge < -0.3 is 9.72 Å². The number of hydrogen-bond donors (Lipinski definition) is 1. The Morgan fingerprint density at radius 3 is 2.68 bits per heavy atom. The predicted molar refractivity (Wildman–Crippen MR) is 120 cm³/mol. The van der Waals surface area contributed by atoms with Gasteiger partial charge in [-0.2, -0.15) is 4.31 Å². The normalized spacial score (nSPS) is 16.9. The number of benzene rings is 2. The Kier molecular flexibility index (Phi) is 5.00. The SMILES string of the molecule is COc1cc2c([C@@H]3c4ccccc4CCN3S(=O)(=O)Cc3ccccc3)c[nH]c2cn1. The number of fused-ring (bicyclic) bond motifs is 2. The third-order valence-electron chi connectivity index (χ3n) is 5.87. The number of rotatable bonds is 5. The molecular weight excluding hydrogens is 410 g/mol. The summed E-state index contributed by atoms with van der Waals surface area (Å²) in [7, 11) is -1.99. The van der Waals surface area contributed by atoms with E-state index in [9.17, 15) is 8.42 Å². The van der Waals surface area contributed by atoms with Crippen LogP contribution in [-0.2, 0) is 22.2 Å². The zero-order valence-corrected chi connectivity index (χ0v) is 18.0. The number of ether oxygens (including phenoxy) is 1. The molecule has 1 aliphatic rings. The van der Waals surface area contributed by atoms with Crippen LogP contribution in [0.5, 0.6) is 5.88 Å². The van der Waals surface area contributed by atoms with Gasteiger partial charge in [0.1, 0.15) is 0 Å². The second kappa shape index (κ2) is 7.83. The van der Waals surface area contributed by atoms with Gasteiger partial charge in [0.05, 0.1) is 30.6 Å². The lowest BCUT2D eigenvalue weighted by molar-refractivity contribution is 0.345. The summed E-state index contributed by atoms with van der Waals surface area (Å²) in [5.74, 6) is 0.468. The highest BCUT2D eigenvalue weighted by Gasteiger charge is 2.37. The van der Waals surface area contributed by atoms with Crippen molar-refractivity contribution in [3.63, 3.8) is 0 Å². The summed E-state index contributed by atoms with van der Waals surface area (Å²) < 4.78 is 34.2. The third kappa shape index (κ3) is 3.60. The fourth-order valence-corrected chi connectivity index (χ4v) is 6.09. The van der Waals surface area contributed by atoms with Gasteiger partial charge in [-0.25, -0.2) is 13.4 Å². The van der Waals surface area contributed by atoms with Crippen LogP contribution >= 0.6 is 0 Å². The number of methoxy groups -OCH3 is 1. The molecule has 0 radical (unpaired) electrons. The Balaban J connectivity index is 1.65. The van der Waals surface area contributed by atoms with Crippen molar-refractivity contribution in [2.75, 3.05) is 13.7 Å². The Morgan fingerprint density at radius 2 is 1.87 bits per heavy atom. The molecule has 0 unspecified atom stereocenters. The average molecular weight is 434 g/mol. The molecule has 5 rings (SSSR count). The molecule has 2 aromatic carbocycles. The summed E-state index contributed by atoms with van der Waals surface area (Å²) in [5.41, 5.74) is 4.72. The van der Waals surface area contributed by atoms with Crippen LogP contribution < -0.4 is 4.74 Å². The van der Waals surface area contributed by atoms with E-state index < -0.39 is 16.1 Å². The summed E-state index contributed by atoms with van der Waals surface area (Å²) in [5, 5.41) is 0.911. The second-order valence-corrected chi connectivity index (χ2v) is 9.64. The van der Waals surface area contributed by atoms with Crippen LogP contribution in [0.15, 0.2) is 73.1 Å². The van der Waals surface area contributed by atoms with Gasteiger partial charge >= 0.3 is 0 Å². The van der Waals surface area contributed by atoms with Gasteiger partial charge in [0.15, 0.2) is 0 Å². The van der Waals surface area contributed by atoms with Crippen molar-refractivity contribution in [3.8, 4) is 5.88 Å². The molecule has 0 spiro atoms. The molecule has 7 heteroatoms. The van der Waals surface area contributed by atoms with Crippen LogP contribution in [0.2, 0.25) is 0 Å². The Morgan fingerprint density at radius 1 is 1.10 bits per heavy atom. The monoisotopic (exact) mass is 433 g/mol.